The third-order valence-corrected chi connectivity index (χ3v) is 2.00. The number of aliphatic hydroxyl groups excluding tert-OH is 1. The summed E-state index contributed by atoms with van der Waals surface area (Å²) in [5.41, 5.74) is 5.52. The number of nitrogens with one attached hydrogen (secondary N) is 1. The first-order valence-corrected chi connectivity index (χ1v) is 4.92. The van der Waals surface area contributed by atoms with Crippen molar-refractivity contribution in [2.45, 2.75) is 38.3 Å². The Bertz CT molecular complexity index is 220. The van der Waals surface area contributed by atoms with Gasteiger partial charge in [-0.05, 0) is 6.42 Å². The molecule has 0 aliphatic carbocycles. The number of carbonyl (C=O) groups excluding carboxylic acids is 1. The summed E-state index contributed by atoms with van der Waals surface area (Å²) in [6, 6.07) is -1.98. The van der Waals surface area contributed by atoms with E-state index in [1.165, 1.54) is 0 Å². The highest BCUT2D eigenvalue weighted by Crippen LogP contribution is 1.98. The van der Waals surface area contributed by atoms with Crippen molar-refractivity contribution in [1.82, 2.24) is 5.32 Å². The van der Waals surface area contributed by atoms with Gasteiger partial charge in [-0.15, -0.1) is 0 Å². The SMILES string of the molecule is CCCC[C@H](N)C(=O)NC(CO)C(=O)O. The maximum atomic E-state index is 11.3. The Morgan fingerprint density at radius 1 is 1.47 bits per heavy atom. The summed E-state index contributed by atoms with van der Waals surface area (Å²) in [5, 5.41) is 19.4. The fraction of sp³-hybridized carbons (Fsp3) is 0.778. The highest BCUT2D eigenvalue weighted by molar-refractivity contribution is 5.86. The topological polar surface area (TPSA) is 113 Å². The van der Waals surface area contributed by atoms with Gasteiger partial charge in [-0.2, -0.15) is 0 Å². The predicted octanol–water partition coefficient (Wildman–Crippen LogP) is -0.934. The van der Waals surface area contributed by atoms with E-state index in [4.69, 9.17) is 15.9 Å². The molecule has 1 unspecified atom stereocenters. The second-order valence-corrected chi connectivity index (χ2v) is 3.33. The van der Waals surface area contributed by atoms with Crippen LogP contribution >= 0.6 is 0 Å². The van der Waals surface area contributed by atoms with Crippen LogP contribution in [0.5, 0.6) is 0 Å². The lowest BCUT2D eigenvalue weighted by atomic mass is 10.1. The zero-order valence-corrected chi connectivity index (χ0v) is 8.77. The molecule has 0 radical (unpaired) electrons. The second-order valence-electron chi connectivity index (χ2n) is 3.33. The number of rotatable bonds is 7. The van der Waals surface area contributed by atoms with Crippen LogP contribution in [0.4, 0.5) is 0 Å². The Labute approximate surface area is 88.5 Å². The van der Waals surface area contributed by atoms with Crippen molar-refractivity contribution in [3.63, 3.8) is 0 Å². The molecule has 1 amide bonds. The fourth-order valence-corrected chi connectivity index (χ4v) is 1.02. The number of amides is 1. The molecule has 0 saturated carbocycles. The number of aliphatic carboxylic acids is 1. The van der Waals surface area contributed by atoms with Crippen LogP contribution in [0.3, 0.4) is 0 Å². The molecule has 0 saturated heterocycles. The van der Waals surface area contributed by atoms with Crippen LogP contribution in [0.1, 0.15) is 26.2 Å². The van der Waals surface area contributed by atoms with E-state index >= 15 is 0 Å². The minimum Gasteiger partial charge on any atom is -0.480 e. The summed E-state index contributed by atoms with van der Waals surface area (Å²) < 4.78 is 0. The lowest BCUT2D eigenvalue weighted by Gasteiger charge is -2.15. The second kappa shape index (κ2) is 7.19. The van der Waals surface area contributed by atoms with Crippen LogP contribution in [0.15, 0.2) is 0 Å². The third kappa shape index (κ3) is 5.34. The smallest absolute Gasteiger partial charge is 0.328 e. The Balaban J connectivity index is 4.04. The van der Waals surface area contributed by atoms with Gasteiger partial charge in [0.1, 0.15) is 6.04 Å². The zero-order chi connectivity index (χ0) is 11.8. The van der Waals surface area contributed by atoms with Gasteiger partial charge in [0, 0.05) is 0 Å². The molecule has 0 rings (SSSR count). The van der Waals surface area contributed by atoms with Crippen molar-refractivity contribution in [1.29, 1.82) is 0 Å². The van der Waals surface area contributed by atoms with E-state index in [9.17, 15) is 9.59 Å². The molecule has 6 heteroatoms. The van der Waals surface area contributed by atoms with Gasteiger partial charge in [-0.1, -0.05) is 19.8 Å². The van der Waals surface area contributed by atoms with Crippen LogP contribution in [0.25, 0.3) is 0 Å². The molecule has 0 spiro atoms. The van der Waals surface area contributed by atoms with Crippen LogP contribution in [0, 0.1) is 0 Å². The molecule has 0 fully saturated rings. The number of nitrogens with two attached hydrogens (primary N) is 1. The van der Waals surface area contributed by atoms with Gasteiger partial charge < -0.3 is 21.3 Å². The summed E-state index contributed by atoms with van der Waals surface area (Å²) >= 11 is 0. The van der Waals surface area contributed by atoms with E-state index in [1.54, 1.807) is 0 Å². The summed E-state index contributed by atoms with van der Waals surface area (Å²) in [6.45, 7) is 1.33. The normalized spacial score (nSPS) is 14.3. The van der Waals surface area contributed by atoms with Gasteiger partial charge in [0.2, 0.25) is 5.91 Å². The van der Waals surface area contributed by atoms with Crippen LogP contribution in [0.2, 0.25) is 0 Å². The van der Waals surface area contributed by atoms with Crippen molar-refractivity contribution in [3.05, 3.63) is 0 Å². The fourth-order valence-electron chi connectivity index (χ4n) is 1.02. The van der Waals surface area contributed by atoms with Crippen LogP contribution in [-0.2, 0) is 9.59 Å². The number of carbonyl (C=O) groups is 2. The van der Waals surface area contributed by atoms with Gasteiger partial charge in [0.25, 0.3) is 0 Å². The van der Waals surface area contributed by atoms with Gasteiger partial charge in [0.05, 0.1) is 12.6 Å². The average molecular weight is 218 g/mol. The van der Waals surface area contributed by atoms with Gasteiger partial charge in [-0.25, -0.2) is 4.79 Å². The molecular formula is C9H18N2O4. The van der Waals surface area contributed by atoms with E-state index in [-0.39, 0.29) is 0 Å². The Morgan fingerprint density at radius 2 is 2.07 bits per heavy atom. The molecule has 5 N–H and O–H groups in total. The molecule has 0 heterocycles. The molecule has 6 nitrogen and oxygen atoms in total. The monoisotopic (exact) mass is 218 g/mol. The number of carboxylic acids is 1. The number of aliphatic hydroxyl groups is 1. The van der Waals surface area contributed by atoms with Crippen LogP contribution in [-0.4, -0.2) is 40.8 Å². The first-order chi connectivity index (χ1) is 7.02. The van der Waals surface area contributed by atoms with Crippen molar-refractivity contribution in [3.8, 4) is 0 Å². The quantitative estimate of drug-likeness (QED) is 0.441. The summed E-state index contributed by atoms with van der Waals surface area (Å²) in [6.07, 6.45) is 2.24. The molecule has 0 aliphatic heterocycles. The summed E-state index contributed by atoms with van der Waals surface area (Å²) in [7, 11) is 0. The van der Waals surface area contributed by atoms with E-state index in [1.807, 2.05) is 6.92 Å². The van der Waals surface area contributed by atoms with Crippen LogP contribution < -0.4 is 11.1 Å². The highest BCUT2D eigenvalue weighted by atomic mass is 16.4. The van der Waals surface area contributed by atoms with Crippen molar-refractivity contribution >= 4 is 11.9 Å². The number of carboxylic acid groups (broad SMARTS) is 1. The number of hydrogen-bond acceptors (Lipinski definition) is 4. The first kappa shape index (κ1) is 13.9. The number of hydrogen-bond donors (Lipinski definition) is 4. The van der Waals surface area contributed by atoms with Crippen molar-refractivity contribution in [2.24, 2.45) is 5.73 Å². The Kier molecular flexibility index (Phi) is 6.64. The van der Waals surface area contributed by atoms with Gasteiger partial charge in [-0.3, -0.25) is 4.79 Å². The summed E-state index contributed by atoms with van der Waals surface area (Å²) in [5.74, 6) is -1.81. The maximum absolute atomic E-state index is 11.3. The minimum absolute atomic E-state index is 0.514. The lowest BCUT2D eigenvalue weighted by molar-refractivity contribution is -0.143. The van der Waals surface area contributed by atoms with Gasteiger partial charge >= 0.3 is 5.97 Å². The molecule has 2 atom stereocenters. The molecule has 0 aliphatic rings. The summed E-state index contributed by atoms with van der Waals surface area (Å²) in [4.78, 5) is 21.8. The zero-order valence-electron chi connectivity index (χ0n) is 8.77. The predicted molar refractivity (Wildman–Crippen MR) is 54.2 cm³/mol. The van der Waals surface area contributed by atoms with E-state index in [0.717, 1.165) is 12.8 Å². The standard InChI is InChI=1S/C9H18N2O4/c1-2-3-4-6(10)8(13)11-7(5-12)9(14)15/h6-7,12H,2-5,10H2,1H3,(H,11,13)(H,14,15)/t6-,7?/m0/s1. The minimum atomic E-state index is -1.27. The van der Waals surface area contributed by atoms with Crippen molar-refractivity contribution < 1.29 is 19.8 Å². The van der Waals surface area contributed by atoms with E-state index < -0.39 is 30.6 Å². The van der Waals surface area contributed by atoms with Crippen molar-refractivity contribution in [2.75, 3.05) is 6.61 Å². The van der Waals surface area contributed by atoms with E-state index in [0.29, 0.717) is 6.42 Å². The first-order valence-electron chi connectivity index (χ1n) is 4.92. The molecule has 0 aromatic heterocycles. The Morgan fingerprint density at radius 3 is 2.47 bits per heavy atom. The molecule has 0 bridgehead atoms. The molecule has 0 aromatic carbocycles. The maximum Gasteiger partial charge on any atom is 0.328 e. The highest BCUT2D eigenvalue weighted by Gasteiger charge is 2.21. The lowest BCUT2D eigenvalue weighted by Crippen LogP contribution is -2.49. The van der Waals surface area contributed by atoms with E-state index in [2.05, 4.69) is 5.32 Å². The molecule has 15 heavy (non-hydrogen) atoms. The molecular weight excluding hydrogens is 200 g/mol. The third-order valence-electron chi connectivity index (χ3n) is 2.00. The van der Waals surface area contributed by atoms with Gasteiger partial charge in [0.15, 0.2) is 0 Å². The molecule has 88 valence electrons. The average Bonchev–Trinajstić information content (AvgIpc) is 2.21. The molecule has 0 aromatic rings. The largest absolute Gasteiger partial charge is 0.480 e. The number of unbranched alkanes of at least 4 members (excludes halogenated alkanes) is 1. The Hall–Kier alpha value is -1.14.